The van der Waals surface area contributed by atoms with E-state index >= 15 is 0 Å². The summed E-state index contributed by atoms with van der Waals surface area (Å²) in [6, 6.07) is 13.9. The Morgan fingerprint density at radius 3 is 2.05 bits per heavy atom. The van der Waals surface area contributed by atoms with Gasteiger partial charge in [-0.25, -0.2) is 4.79 Å². The number of aliphatic hydroxyl groups excluding tert-OH is 1. The van der Waals surface area contributed by atoms with E-state index in [1.54, 1.807) is 24.3 Å². The van der Waals surface area contributed by atoms with E-state index in [-0.39, 0.29) is 19.4 Å². The van der Waals surface area contributed by atoms with Gasteiger partial charge in [0, 0.05) is 13.0 Å². The number of likely N-dealkylation sites (tertiary alicyclic amines) is 1. The van der Waals surface area contributed by atoms with E-state index in [0.29, 0.717) is 12.8 Å². The molecule has 0 bridgehead atoms. The van der Waals surface area contributed by atoms with Crippen LogP contribution in [0.3, 0.4) is 0 Å². The van der Waals surface area contributed by atoms with Crippen LogP contribution in [0.2, 0.25) is 0 Å². The Hall–Kier alpha value is -3.76. The standard InChI is InChI=1S/C27H34N4O6/c1-17(32)23(26(35)31-14-8-13-22(31)27(36)37)30-25(34)21(16-19-11-6-3-7-12-19)29-24(33)20(28)15-18-9-4-2-5-10-18/h2-7,9-12,17,20-23,32H,8,13-16,28H2,1H3,(H,29,33)(H,30,34)(H,36,37). The fourth-order valence-corrected chi connectivity index (χ4v) is 4.41. The summed E-state index contributed by atoms with van der Waals surface area (Å²) in [6.45, 7) is 1.56. The molecule has 5 unspecified atom stereocenters. The second-order valence-electron chi connectivity index (χ2n) is 9.30. The molecular weight excluding hydrogens is 476 g/mol. The van der Waals surface area contributed by atoms with Crippen molar-refractivity contribution in [2.45, 2.75) is 62.9 Å². The Morgan fingerprint density at radius 1 is 0.946 bits per heavy atom. The highest BCUT2D eigenvalue weighted by molar-refractivity contribution is 5.94. The molecule has 0 radical (unpaired) electrons. The molecule has 1 aliphatic heterocycles. The average Bonchev–Trinajstić information content (AvgIpc) is 3.38. The van der Waals surface area contributed by atoms with Gasteiger partial charge < -0.3 is 31.5 Å². The lowest BCUT2D eigenvalue weighted by Crippen LogP contribution is -2.60. The number of amides is 3. The first kappa shape index (κ1) is 27.8. The summed E-state index contributed by atoms with van der Waals surface area (Å²) in [5.74, 6) is -3.04. The lowest BCUT2D eigenvalue weighted by molar-refractivity contribution is -0.150. The number of carbonyl (C=O) groups excluding carboxylic acids is 3. The van der Waals surface area contributed by atoms with E-state index in [0.717, 1.165) is 11.1 Å². The SMILES string of the molecule is CC(O)C(NC(=O)C(Cc1ccccc1)NC(=O)C(N)Cc1ccccc1)C(=O)N1CCCC1C(=O)O. The summed E-state index contributed by atoms with van der Waals surface area (Å²) in [7, 11) is 0. The van der Waals surface area contributed by atoms with Gasteiger partial charge in [-0.1, -0.05) is 60.7 Å². The van der Waals surface area contributed by atoms with Gasteiger partial charge in [-0.3, -0.25) is 14.4 Å². The van der Waals surface area contributed by atoms with Crippen molar-refractivity contribution in [3.05, 3.63) is 71.8 Å². The molecule has 1 fully saturated rings. The molecule has 1 aliphatic rings. The molecule has 0 aliphatic carbocycles. The minimum Gasteiger partial charge on any atom is -0.480 e. The van der Waals surface area contributed by atoms with Gasteiger partial charge in [0.25, 0.3) is 0 Å². The van der Waals surface area contributed by atoms with Gasteiger partial charge in [0.15, 0.2) is 0 Å². The molecule has 3 rings (SSSR count). The van der Waals surface area contributed by atoms with Crippen molar-refractivity contribution in [1.82, 2.24) is 15.5 Å². The number of carbonyl (C=O) groups is 4. The second-order valence-corrected chi connectivity index (χ2v) is 9.30. The smallest absolute Gasteiger partial charge is 0.326 e. The highest BCUT2D eigenvalue weighted by Gasteiger charge is 2.40. The number of nitrogens with two attached hydrogens (primary N) is 1. The normalized spacial score (nSPS) is 18.4. The van der Waals surface area contributed by atoms with Crippen LogP contribution in [0.5, 0.6) is 0 Å². The van der Waals surface area contributed by atoms with Crippen LogP contribution in [-0.4, -0.2) is 75.6 Å². The number of aliphatic carboxylic acids is 1. The van der Waals surface area contributed by atoms with Crippen LogP contribution in [0, 0.1) is 0 Å². The number of nitrogens with zero attached hydrogens (tertiary/aromatic N) is 1. The van der Waals surface area contributed by atoms with Crippen LogP contribution >= 0.6 is 0 Å². The van der Waals surface area contributed by atoms with Gasteiger partial charge in [-0.15, -0.1) is 0 Å². The second kappa shape index (κ2) is 13.0. The summed E-state index contributed by atoms with van der Waals surface area (Å²) in [5.41, 5.74) is 7.75. The Bertz CT molecular complexity index is 1080. The number of hydrogen-bond donors (Lipinski definition) is 5. The number of benzene rings is 2. The Balaban J connectivity index is 1.75. The Kier molecular flexibility index (Phi) is 9.76. The summed E-state index contributed by atoms with van der Waals surface area (Å²) >= 11 is 0. The maximum atomic E-state index is 13.3. The minimum absolute atomic E-state index is 0.124. The summed E-state index contributed by atoms with van der Waals surface area (Å²) in [4.78, 5) is 52.1. The predicted octanol–water partition coefficient (Wildman–Crippen LogP) is 0.225. The molecule has 10 heteroatoms. The Morgan fingerprint density at radius 2 is 1.51 bits per heavy atom. The molecule has 2 aromatic carbocycles. The summed E-state index contributed by atoms with van der Waals surface area (Å²) < 4.78 is 0. The first-order valence-corrected chi connectivity index (χ1v) is 12.3. The van der Waals surface area contributed by atoms with E-state index < -0.39 is 54.0 Å². The van der Waals surface area contributed by atoms with Crippen molar-refractivity contribution >= 4 is 23.7 Å². The Labute approximate surface area is 215 Å². The molecule has 0 aromatic heterocycles. The third-order valence-electron chi connectivity index (χ3n) is 6.42. The molecule has 2 aromatic rings. The first-order chi connectivity index (χ1) is 17.7. The first-order valence-electron chi connectivity index (χ1n) is 12.3. The zero-order valence-electron chi connectivity index (χ0n) is 20.7. The molecule has 5 atom stereocenters. The van der Waals surface area contributed by atoms with Crippen molar-refractivity contribution in [2.75, 3.05) is 6.54 Å². The summed E-state index contributed by atoms with van der Waals surface area (Å²) in [6.07, 6.45) is -0.0893. The average molecular weight is 511 g/mol. The fraction of sp³-hybridized carbons (Fsp3) is 0.407. The van der Waals surface area contributed by atoms with Crippen LogP contribution < -0.4 is 16.4 Å². The number of aliphatic hydroxyl groups is 1. The molecule has 198 valence electrons. The maximum absolute atomic E-state index is 13.3. The number of nitrogens with one attached hydrogen (secondary N) is 2. The van der Waals surface area contributed by atoms with Crippen LogP contribution in [0.25, 0.3) is 0 Å². The van der Waals surface area contributed by atoms with Crippen molar-refractivity contribution < 1.29 is 29.4 Å². The van der Waals surface area contributed by atoms with E-state index in [4.69, 9.17) is 5.73 Å². The summed E-state index contributed by atoms with van der Waals surface area (Å²) in [5, 5.41) is 25.0. The number of carboxylic acid groups (broad SMARTS) is 1. The number of carboxylic acids is 1. The van der Waals surface area contributed by atoms with Gasteiger partial charge in [-0.05, 0) is 37.3 Å². The van der Waals surface area contributed by atoms with E-state index in [9.17, 15) is 29.4 Å². The van der Waals surface area contributed by atoms with Crippen LogP contribution in [0.15, 0.2) is 60.7 Å². The van der Waals surface area contributed by atoms with Gasteiger partial charge in [0.05, 0.1) is 12.1 Å². The molecular formula is C27H34N4O6. The molecule has 1 saturated heterocycles. The van der Waals surface area contributed by atoms with E-state index in [1.807, 2.05) is 36.4 Å². The topological polar surface area (TPSA) is 162 Å². The van der Waals surface area contributed by atoms with Gasteiger partial charge in [0.2, 0.25) is 17.7 Å². The molecule has 0 saturated carbocycles. The van der Waals surface area contributed by atoms with Gasteiger partial charge >= 0.3 is 5.97 Å². The zero-order chi connectivity index (χ0) is 26.9. The van der Waals surface area contributed by atoms with Crippen LogP contribution in [0.1, 0.15) is 30.9 Å². The van der Waals surface area contributed by atoms with Crippen LogP contribution in [0.4, 0.5) is 0 Å². The van der Waals surface area contributed by atoms with Gasteiger partial charge in [0.1, 0.15) is 18.1 Å². The van der Waals surface area contributed by atoms with Crippen LogP contribution in [-0.2, 0) is 32.0 Å². The quantitative estimate of drug-likeness (QED) is 0.289. The van der Waals surface area contributed by atoms with Crippen molar-refractivity contribution in [2.24, 2.45) is 5.73 Å². The van der Waals surface area contributed by atoms with E-state index in [1.165, 1.54) is 11.8 Å². The van der Waals surface area contributed by atoms with Crippen molar-refractivity contribution in [3.63, 3.8) is 0 Å². The molecule has 0 spiro atoms. The molecule has 37 heavy (non-hydrogen) atoms. The highest BCUT2D eigenvalue weighted by Crippen LogP contribution is 2.19. The molecule has 10 nitrogen and oxygen atoms in total. The number of rotatable bonds is 11. The third-order valence-corrected chi connectivity index (χ3v) is 6.42. The van der Waals surface area contributed by atoms with E-state index in [2.05, 4.69) is 10.6 Å². The van der Waals surface area contributed by atoms with Crippen molar-refractivity contribution in [1.29, 1.82) is 0 Å². The third kappa shape index (κ3) is 7.61. The largest absolute Gasteiger partial charge is 0.480 e. The predicted molar refractivity (Wildman–Crippen MR) is 136 cm³/mol. The monoisotopic (exact) mass is 510 g/mol. The molecule has 6 N–H and O–H groups in total. The maximum Gasteiger partial charge on any atom is 0.326 e. The number of hydrogen-bond acceptors (Lipinski definition) is 6. The molecule has 1 heterocycles. The van der Waals surface area contributed by atoms with Crippen molar-refractivity contribution in [3.8, 4) is 0 Å². The zero-order valence-corrected chi connectivity index (χ0v) is 20.7. The lowest BCUT2D eigenvalue weighted by Gasteiger charge is -2.30. The van der Waals surface area contributed by atoms with Gasteiger partial charge in [-0.2, -0.15) is 0 Å². The fourth-order valence-electron chi connectivity index (χ4n) is 4.41. The lowest BCUT2D eigenvalue weighted by atomic mass is 10.0. The highest BCUT2D eigenvalue weighted by atomic mass is 16.4. The molecule has 3 amide bonds. The minimum atomic E-state index is -1.37.